The van der Waals surface area contributed by atoms with E-state index in [1.54, 1.807) is 42.5 Å². The summed E-state index contributed by atoms with van der Waals surface area (Å²) in [6, 6.07) is 12.8. The fourth-order valence-corrected chi connectivity index (χ4v) is 4.92. The number of carbonyl (C=O) groups is 4. The van der Waals surface area contributed by atoms with Crippen molar-refractivity contribution in [2.45, 2.75) is 13.0 Å². The molecule has 4 rings (SSSR count). The molecule has 0 radical (unpaired) electrons. The number of rotatable bonds is 5. The predicted molar refractivity (Wildman–Crippen MR) is 135 cm³/mol. The Bertz CT molecular complexity index is 1360. The van der Waals surface area contributed by atoms with E-state index in [0.29, 0.717) is 5.01 Å². The van der Waals surface area contributed by atoms with Gasteiger partial charge in [-0.25, -0.2) is 5.01 Å². The summed E-state index contributed by atoms with van der Waals surface area (Å²) in [6.07, 6.45) is 0. The average molecular weight is 571 g/mol. The van der Waals surface area contributed by atoms with Crippen LogP contribution in [0.4, 0.5) is 0 Å². The monoisotopic (exact) mass is 568 g/mol. The topological polar surface area (TPSA) is 74.8 Å². The number of hydrogen-bond acceptors (Lipinski definition) is 4. The Morgan fingerprint density at radius 2 is 1.23 bits per heavy atom. The molecule has 1 aliphatic heterocycles. The molecular formula is C24H13Cl5N2O4. The Morgan fingerprint density at radius 3 is 1.74 bits per heavy atom. The second-order valence-corrected chi connectivity index (χ2v) is 9.38. The summed E-state index contributed by atoms with van der Waals surface area (Å²) in [5.41, 5.74) is -0.429. The highest BCUT2D eigenvalue weighted by Crippen LogP contribution is 2.45. The van der Waals surface area contributed by atoms with Crippen molar-refractivity contribution in [3.05, 3.63) is 102 Å². The second kappa shape index (κ2) is 9.80. The van der Waals surface area contributed by atoms with Crippen LogP contribution in [0.2, 0.25) is 25.1 Å². The van der Waals surface area contributed by atoms with Gasteiger partial charge in [-0.05, 0) is 19.1 Å². The maximum absolute atomic E-state index is 13.7. The number of hydrogen-bond donors (Lipinski definition) is 0. The molecule has 6 nitrogen and oxygen atoms in total. The number of nitrogens with zero attached hydrogens (tertiary/aromatic N) is 2. The van der Waals surface area contributed by atoms with Crippen LogP contribution in [0.3, 0.4) is 0 Å². The summed E-state index contributed by atoms with van der Waals surface area (Å²) in [7, 11) is 0. The molecule has 178 valence electrons. The maximum atomic E-state index is 13.7. The minimum Gasteiger partial charge on any atom is -0.292 e. The van der Waals surface area contributed by atoms with E-state index in [2.05, 4.69) is 0 Å². The van der Waals surface area contributed by atoms with Crippen LogP contribution in [-0.2, 0) is 0 Å². The molecule has 0 aromatic heterocycles. The van der Waals surface area contributed by atoms with E-state index in [-0.39, 0.29) is 47.4 Å². The SMILES string of the molecule is C[C@H](C(=O)c1ccccc1)N(C(=O)c1ccccc1Cl)N1C(=O)c2c(Cl)c(Cl)c(Cl)c(Cl)c2C1=O. The van der Waals surface area contributed by atoms with Crippen LogP contribution >= 0.6 is 58.0 Å². The molecule has 3 aromatic carbocycles. The molecule has 0 N–H and O–H groups in total. The Labute approximate surface area is 224 Å². The lowest BCUT2D eigenvalue weighted by Crippen LogP contribution is -2.56. The third kappa shape index (κ3) is 4.20. The lowest BCUT2D eigenvalue weighted by molar-refractivity contribution is -0.00679. The molecule has 1 aliphatic rings. The van der Waals surface area contributed by atoms with Gasteiger partial charge in [-0.15, -0.1) is 0 Å². The number of imide groups is 1. The zero-order valence-electron chi connectivity index (χ0n) is 17.7. The van der Waals surface area contributed by atoms with Crippen molar-refractivity contribution < 1.29 is 19.2 Å². The predicted octanol–water partition coefficient (Wildman–Crippen LogP) is 6.88. The Morgan fingerprint density at radius 1 is 0.743 bits per heavy atom. The van der Waals surface area contributed by atoms with Crippen LogP contribution in [-0.4, -0.2) is 39.6 Å². The Balaban J connectivity index is 1.89. The van der Waals surface area contributed by atoms with Crippen LogP contribution in [0.15, 0.2) is 54.6 Å². The summed E-state index contributed by atoms with van der Waals surface area (Å²) in [5.74, 6) is -3.39. The first-order valence-electron chi connectivity index (χ1n) is 9.99. The number of Topliss-reactive ketones (excluding diaryl/α,β-unsaturated/α-hetero) is 1. The number of halogens is 5. The molecule has 3 amide bonds. The molecule has 0 saturated carbocycles. The third-order valence-corrected chi connectivity index (χ3v) is 7.54. The fourth-order valence-electron chi connectivity index (χ4n) is 3.69. The Hall–Kier alpha value is -2.61. The molecule has 11 heteroatoms. The van der Waals surface area contributed by atoms with Gasteiger partial charge in [-0.1, -0.05) is 100 Å². The van der Waals surface area contributed by atoms with E-state index in [9.17, 15) is 19.2 Å². The van der Waals surface area contributed by atoms with Gasteiger partial charge in [0.25, 0.3) is 17.7 Å². The van der Waals surface area contributed by atoms with Crippen molar-refractivity contribution in [3.63, 3.8) is 0 Å². The number of amides is 3. The first kappa shape index (κ1) is 25.5. The van der Waals surface area contributed by atoms with E-state index >= 15 is 0 Å². The van der Waals surface area contributed by atoms with Gasteiger partial charge >= 0.3 is 0 Å². The molecule has 0 saturated heterocycles. The smallest absolute Gasteiger partial charge is 0.282 e. The first-order chi connectivity index (χ1) is 16.6. The maximum Gasteiger partial charge on any atom is 0.282 e. The number of ketones is 1. The zero-order chi connectivity index (χ0) is 25.6. The number of benzene rings is 3. The summed E-state index contributed by atoms with van der Waals surface area (Å²) < 4.78 is 0. The third-order valence-electron chi connectivity index (χ3n) is 5.41. The quantitative estimate of drug-likeness (QED) is 0.145. The lowest BCUT2D eigenvalue weighted by Gasteiger charge is -2.34. The minimum absolute atomic E-state index is 0.0355. The molecular weight excluding hydrogens is 558 g/mol. The van der Waals surface area contributed by atoms with Gasteiger partial charge in [0, 0.05) is 5.56 Å². The van der Waals surface area contributed by atoms with Gasteiger partial charge in [0.15, 0.2) is 5.78 Å². The highest BCUT2D eigenvalue weighted by molar-refractivity contribution is 6.55. The highest BCUT2D eigenvalue weighted by Gasteiger charge is 2.48. The summed E-state index contributed by atoms with van der Waals surface area (Å²) in [6.45, 7) is 1.39. The molecule has 0 aliphatic carbocycles. The van der Waals surface area contributed by atoms with Crippen LogP contribution < -0.4 is 0 Å². The molecule has 0 spiro atoms. The normalized spacial score (nSPS) is 13.6. The minimum atomic E-state index is -1.31. The van der Waals surface area contributed by atoms with E-state index in [1.165, 1.54) is 19.1 Å². The molecule has 0 unspecified atom stereocenters. The fraction of sp³-hybridized carbons (Fsp3) is 0.0833. The molecule has 0 fully saturated rings. The van der Waals surface area contributed by atoms with Crippen molar-refractivity contribution in [1.82, 2.24) is 10.0 Å². The van der Waals surface area contributed by atoms with Crippen molar-refractivity contribution in [1.29, 1.82) is 0 Å². The zero-order valence-corrected chi connectivity index (χ0v) is 21.5. The van der Waals surface area contributed by atoms with Crippen LogP contribution in [0.25, 0.3) is 0 Å². The van der Waals surface area contributed by atoms with Crippen LogP contribution in [0.1, 0.15) is 48.4 Å². The summed E-state index contributed by atoms with van der Waals surface area (Å²) in [4.78, 5) is 54.0. The second-order valence-electron chi connectivity index (χ2n) is 7.46. The lowest BCUT2D eigenvalue weighted by atomic mass is 10.0. The van der Waals surface area contributed by atoms with Gasteiger partial charge < -0.3 is 0 Å². The Kier molecular flexibility index (Phi) is 7.13. The molecule has 3 aromatic rings. The van der Waals surface area contributed by atoms with Gasteiger partial charge in [-0.3, -0.25) is 19.2 Å². The van der Waals surface area contributed by atoms with Crippen LogP contribution in [0, 0.1) is 0 Å². The standard InChI is InChI=1S/C24H13Cl5N2O4/c1-11(21(32)12-7-3-2-4-8-12)30(22(33)13-9-5-6-10-14(13)25)31-23(34)15-16(24(31)35)18(27)20(29)19(28)17(15)26/h2-11H,1H3/t11-/m1/s1. The first-order valence-corrected chi connectivity index (χ1v) is 11.9. The molecule has 1 atom stereocenters. The summed E-state index contributed by atoms with van der Waals surface area (Å²) in [5, 5.41) is 0.269. The van der Waals surface area contributed by atoms with Crippen molar-refractivity contribution in [2.75, 3.05) is 0 Å². The van der Waals surface area contributed by atoms with E-state index in [4.69, 9.17) is 58.0 Å². The van der Waals surface area contributed by atoms with Crippen molar-refractivity contribution >= 4 is 81.5 Å². The van der Waals surface area contributed by atoms with E-state index < -0.39 is 29.5 Å². The molecule has 1 heterocycles. The van der Waals surface area contributed by atoms with Gasteiger partial charge in [0.2, 0.25) is 0 Å². The number of hydrazine groups is 1. The average Bonchev–Trinajstić information content (AvgIpc) is 3.12. The van der Waals surface area contributed by atoms with E-state index in [1.807, 2.05) is 0 Å². The van der Waals surface area contributed by atoms with Crippen LogP contribution in [0.5, 0.6) is 0 Å². The van der Waals surface area contributed by atoms with Crippen molar-refractivity contribution in [3.8, 4) is 0 Å². The number of fused-ring (bicyclic) bond motifs is 1. The van der Waals surface area contributed by atoms with Gasteiger partial charge in [-0.2, -0.15) is 5.01 Å². The molecule has 0 bridgehead atoms. The van der Waals surface area contributed by atoms with Gasteiger partial charge in [0.05, 0.1) is 41.8 Å². The van der Waals surface area contributed by atoms with Crippen molar-refractivity contribution in [2.24, 2.45) is 0 Å². The van der Waals surface area contributed by atoms with E-state index in [0.717, 1.165) is 5.01 Å². The molecule has 35 heavy (non-hydrogen) atoms. The summed E-state index contributed by atoms with van der Waals surface area (Å²) >= 11 is 30.9. The number of carbonyl (C=O) groups excluding carboxylic acids is 4. The largest absolute Gasteiger partial charge is 0.292 e. The highest BCUT2D eigenvalue weighted by atomic mass is 35.5. The van der Waals surface area contributed by atoms with Gasteiger partial charge in [0.1, 0.15) is 6.04 Å².